The summed E-state index contributed by atoms with van der Waals surface area (Å²) in [5.74, 6) is 1.48. The van der Waals surface area contributed by atoms with Crippen LogP contribution in [-0.2, 0) is 16.6 Å². The molecule has 180 valence electrons. The molecule has 3 aromatic heterocycles. The Labute approximate surface area is 216 Å². The summed E-state index contributed by atoms with van der Waals surface area (Å²) in [6.07, 6.45) is 8.56. The second-order valence-electron chi connectivity index (χ2n) is 10.0. The van der Waals surface area contributed by atoms with E-state index in [4.69, 9.17) is 26.2 Å². The van der Waals surface area contributed by atoms with Gasteiger partial charge in [-0.05, 0) is 87.5 Å². The molecule has 2 aliphatic carbocycles. The Morgan fingerprint density at radius 1 is 1.12 bits per heavy atom. The van der Waals surface area contributed by atoms with Gasteiger partial charge in [0.15, 0.2) is 22.9 Å². The number of fused-ring (bicyclic) bond motifs is 3. The van der Waals surface area contributed by atoms with Crippen LogP contribution >= 0.6 is 34.2 Å². The fourth-order valence-corrected chi connectivity index (χ4v) is 7.30. The van der Waals surface area contributed by atoms with E-state index < -0.39 is 5.41 Å². The first-order valence-electron chi connectivity index (χ1n) is 12.3. The van der Waals surface area contributed by atoms with Gasteiger partial charge in [-0.25, -0.2) is 14.6 Å². The van der Waals surface area contributed by atoms with Gasteiger partial charge in [0.05, 0.1) is 16.8 Å². The summed E-state index contributed by atoms with van der Waals surface area (Å²) in [6.45, 7) is 5.36. The van der Waals surface area contributed by atoms with E-state index in [0.717, 1.165) is 84.2 Å². The summed E-state index contributed by atoms with van der Waals surface area (Å²) >= 11 is 8.90. The molecule has 0 N–H and O–H groups in total. The maximum atomic E-state index is 13.0. The smallest absolute Gasteiger partial charge is 0.185 e. The number of hydrogen-bond acceptors (Lipinski definition) is 7. The number of aromatic nitrogens is 5. The van der Waals surface area contributed by atoms with Crippen LogP contribution in [0.5, 0.6) is 0 Å². The fraction of sp³-hybridized carbons (Fsp3) is 0.625. The van der Waals surface area contributed by atoms with Crippen molar-refractivity contribution >= 4 is 51.0 Å². The van der Waals surface area contributed by atoms with E-state index in [2.05, 4.69) is 44.6 Å². The molecule has 1 aliphatic heterocycles. The predicted molar refractivity (Wildman–Crippen MR) is 137 cm³/mol. The lowest BCUT2D eigenvalue weighted by Gasteiger charge is -2.36. The Bertz CT molecular complexity index is 1270. The molecule has 1 spiro atoms. The average Bonchev–Trinajstić information content (AvgIpc) is 3.55. The Morgan fingerprint density at radius 3 is 2.71 bits per heavy atom. The van der Waals surface area contributed by atoms with Crippen LogP contribution in [-0.4, -0.2) is 55.2 Å². The van der Waals surface area contributed by atoms with Gasteiger partial charge in [0.25, 0.3) is 0 Å². The van der Waals surface area contributed by atoms with Gasteiger partial charge < -0.3 is 9.42 Å². The zero-order valence-corrected chi connectivity index (χ0v) is 22.2. The SMILES string of the molecule is C[C@@H](CN1CCCC1)n1nc(I)c2c(Cl)nc(-c3noc4c3CCC[C@@]43CCCCC3=O)nc21. The summed E-state index contributed by atoms with van der Waals surface area (Å²) in [4.78, 5) is 25.0. The largest absolute Gasteiger partial charge is 0.359 e. The lowest BCUT2D eigenvalue weighted by molar-refractivity contribution is -0.128. The van der Waals surface area contributed by atoms with Crippen molar-refractivity contribution in [2.24, 2.45) is 0 Å². The van der Waals surface area contributed by atoms with Gasteiger partial charge in [-0.1, -0.05) is 23.2 Å². The van der Waals surface area contributed by atoms with Crippen LogP contribution in [0, 0.1) is 3.70 Å². The molecular weight excluding hydrogens is 567 g/mol. The van der Waals surface area contributed by atoms with E-state index in [9.17, 15) is 4.79 Å². The Kier molecular flexibility index (Phi) is 5.92. The molecule has 2 atom stereocenters. The first-order valence-corrected chi connectivity index (χ1v) is 13.8. The molecule has 0 radical (unpaired) electrons. The molecule has 8 nitrogen and oxygen atoms in total. The third-order valence-corrected chi connectivity index (χ3v) is 8.89. The topological polar surface area (TPSA) is 89.9 Å². The first kappa shape index (κ1) is 22.8. The molecule has 34 heavy (non-hydrogen) atoms. The summed E-state index contributed by atoms with van der Waals surface area (Å²) in [6, 6.07) is 0.150. The monoisotopic (exact) mass is 594 g/mol. The minimum Gasteiger partial charge on any atom is -0.359 e. The number of rotatable bonds is 4. The van der Waals surface area contributed by atoms with Crippen LogP contribution in [0.15, 0.2) is 4.52 Å². The molecule has 4 heterocycles. The summed E-state index contributed by atoms with van der Waals surface area (Å²) < 4.78 is 8.68. The molecule has 0 amide bonds. The van der Waals surface area contributed by atoms with Gasteiger partial charge in [-0.3, -0.25) is 4.79 Å². The third kappa shape index (κ3) is 3.61. The third-order valence-electron chi connectivity index (χ3n) is 7.86. The number of carbonyl (C=O) groups is 1. The molecule has 3 aliphatic rings. The quantitative estimate of drug-likeness (QED) is 0.306. The highest BCUT2D eigenvalue weighted by atomic mass is 127. The van der Waals surface area contributed by atoms with E-state index in [0.29, 0.717) is 28.9 Å². The number of likely N-dealkylation sites (tertiary alicyclic amines) is 1. The van der Waals surface area contributed by atoms with Crippen LogP contribution in [0.1, 0.15) is 75.7 Å². The highest BCUT2D eigenvalue weighted by molar-refractivity contribution is 14.1. The molecule has 2 fully saturated rings. The Balaban J connectivity index is 1.43. The van der Waals surface area contributed by atoms with Gasteiger partial charge in [0.2, 0.25) is 0 Å². The lowest BCUT2D eigenvalue weighted by atomic mass is 9.64. The summed E-state index contributed by atoms with van der Waals surface area (Å²) in [5.41, 5.74) is 1.79. The van der Waals surface area contributed by atoms with Gasteiger partial charge in [0.1, 0.15) is 14.6 Å². The van der Waals surface area contributed by atoms with Crippen molar-refractivity contribution in [1.29, 1.82) is 0 Å². The van der Waals surface area contributed by atoms with Crippen molar-refractivity contribution in [2.45, 2.75) is 76.2 Å². The Morgan fingerprint density at radius 2 is 1.91 bits per heavy atom. The standard InChI is InChI=1S/C24H28ClIN6O2/c1-14(13-31-11-4-5-12-31)32-23-17(21(26)29-32)20(25)27-22(28-23)18-15-7-6-10-24(19(15)34-30-18)9-3-2-8-16(24)33/h14H,2-13H2,1H3/t14-,24+/m0/s1. The maximum absolute atomic E-state index is 13.0. The molecule has 1 saturated carbocycles. The zero-order valence-electron chi connectivity index (χ0n) is 19.3. The van der Waals surface area contributed by atoms with Gasteiger partial charge in [0, 0.05) is 18.5 Å². The van der Waals surface area contributed by atoms with Crippen LogP contribution in [0.3, 0.4) is 0 Å². The van der Waals surface area contributed by atoms with Crippen LogP contribution in [0.25, 0.3) is 22.6 Å². The number of halogens is 2. The van der Waals surface area contributed by atoms with Crippen LogP contribution < -0.4 is 0 Å². The van der Waals surface area contributed by atoms with E-state index in [1.165, 1.54) is 12.8 Å². The number of ketones is 1. The fourth-order valence-electron chi connectivity index (χ4n) is 6.16. The van der Waals surface area contributed by atoms with E-state index >= 15 is 0 Å². The normalized spacial score (nSPS) is 24.3. The summed E-state index contributed by atoms with van der Waals surface area (Å²) in [7, 11) is 0. The van der Waals surface area contributed by atoms with E-state index in [1.54, 1.807) is 0 Å². The van der Waals surface area contributed by atoms with Crippen molar-refractivity contribution in [3.8, 4) is 11.5 Å². The van der Waals surface area contributed by atoms with Gasteiger partial charge in [-0.15, -0.1) is 0 Å². The molecule has 10 heteroatoms. The molecule has 0 aromatic carbocycles. The number of Topliss-reactive ketones (excluding diaryl/α,β-unsaturated/α-hetero) is 1. The highest BCUT2D eigenvalue weighted by Crippen LogP contribution is 2.47. The van der Waals surface area contributed by atoms with Crippen molar-refractivity contribution in [1.82, 2.24) is 29.8 Å². The predicted octanol–water partition coefficient (Wildman–Crippen LogP) is 5.11. The second-order valence-corrected chi connectivity index (χ2v) is 11.4. The number of nitrogens with zero attached hydrogens (tertiary/aromatic N) is 6. The van der Waals surface area contributed by atoms with Crippen molar-refractivity contribution in [3.63, 3.8) is 0 Å². The number of hydrogen-bond donors (Lipinski definition) is 0. The van der Waals surface area contributed by atoms with Crippen LogP contribution in [0.4, 0.5) is 0 Å². The summed E-state index contributed by atoms with van der Waals surface area (Å²) in [5, 5.41) is 10.3. The minimum atomic E-state index is -0.521. The molecule has 3 aromatic rings. The second kappa shape index (κ2) is 8.81. The molecule has 6 rings (SSSR count). The van der Waals surface area contributed by atoms with Crippen molar-refractivity contribution in [3.05, 3.63) is 20.2 Å². The van der Waals surface area contributed by atoms with Gasteiger partial charge in [-0.2, -0.15) is 5.10 Å². The molecule has 1 saturated heterocycles. The number of carbonyl (C=O) groups excluding carboxylic acids is 1. The van der Waals surface area contributed by atoms with Gasteiger partial charge >= 0.3 is 0 Å². The lowest BCUT2D eigenvalue weighted by Crippen LogP contribution is -2.41. The maximum Gasteiger partial charge on any atom is 0.185 e. The van der Waals surface area contributed by atoms with Crippen LogP contribution in [0.2, 0.25) is 5.15 Å². The molecular formula is C24H28ClIN6O2. The first-order chi connectivity index (χ1) is 16.5. The minimum absolute atomic E-state index is 0.150. The zero-order chi connectivity index (χ0) is 23.4. The van der Waals surface area contributed by atoms with E-state index in [1.807, 2.05) is 4.68 Å². The van der Waals surface area contributed by atoms with Crippen molar-refractivity contribution in [2.75, 3.05) is 19.6 Å². The molecule has 0 bridgehead atoms. The Hall–Kier alpha value is -1.59. The van der Waals surface area contributed by atoms with Crippen molar-refractivity contribution < 1.29 is 9.32 Å². The highest BCUT2D eigenvalue weighted by Gasteiger charge is 2.48. The molecule has 0 unspecified atom stereocenters. The average molecular weight is 595 g/mol. The van der Waals surface area contributed by atoms with E-state index in [-0.39, 0.29) is 6.04 Å².